The fourth-order valence-corrected chi connectivity index (χ4v) is 6.55. The van der Waals surface area contributed by atoms with Gasteiger partial charge < -0.3 is 10.4 Å². The Bertz CT molecular complexity index is 712. The Morgan fingerprint density at radius 1 is 1.23 bits per heavy atom. The number of amides is 1. The van der Waals surface area contributed by atoms with Crippen molar-refractivity contribution in [3.63, 3.8) is 0 Å². The average Bonchev–Trinajstić information content (AvgIpc) is 2.50. The first-order valence-electron chi connectivity index (χ1n) is 8.94. The van der Waals surface area contributed by atoms with Gasteiger partial charge in [-0.3, -0.25) is 4.79 Å². The van der Waals surface area contributed by atoms with E-state index in [0.29, 0.717) is 30.7 Å². The van der Waals surface area contributed by atoms with Gasteiger partial charge in [-0.25, -0.2) is 0 Å². The molecule has 0 heterocycles. The predicted molar refractivity (Wildman–Crippen MR) is 90.5 cm³/mol. The summed E-state index contributed by atoms with van der Waals surface area (Å²) in [5, 5.41) is 13.5. The van der Waals surface area contributed by atoms with Crippen molar-refractivity contribution < 1.29 is 23.1 Å². The minimum atomic E-state index is -4.96. The molecule has 2 unspecified atom stereocenters. The first kappa shape index (κ1) is 18.1. The van der Waals surface area contributed by atoms with Gasteiger partial charge in [0.25, 0.3) is 0 Å². The molecule has 1 aromatic rings. The third-order valence-corrected chi connectivity index (χ3v) is 6.82. The summed E-state index contributed by atoms with van der Waals surface area (Å²) in [7, 11) is 0. The van der Waals surface area contributed by atoms with E-state index in [1.165, 1.54) is 0 Å². The van der Waals surface area contributed by atoms with Crippen LogP contribution in [-0.4, -0.2) is 27.7 Å². The largest absolute Gasteiger partial charge is 0.471 e. The van der Waals surface area contributed by atoms with Crippen molar-refractivity contribution in [2.45, 2.75) is 54.8 Å². The fraction of sp³-hybridized carbons (Fsp3) is 0.632. The van der Waals surface area contributed by atoms with E-state index in [2.05, 4.69) is 5.32 Å². The Labute approximate surface area is 154 Å². The molecule has 5 rings (SSSR count). The van der Waals surface area contributed by atoms with Crippen molar-refractivity contribution in [3.05, 3.63) is 35.9 Å². The smallest absolute Gasteiger partial charge is 0.389 e. The highest BCUT2D eigenvalue weighted by molar-refractivity contribution is 6.24. The third kappa shape index (κ3) is 3.01. The van der Waals surface area contributed by atoms with Crippen LogP contribution in [-0.2, 0) is 4.79 Å². The first-order valence-corrected chi connectivity index (χ1v) is 9.31. The van der Waals surface area contributed by atoms with E-state index in [1.54, 1.807) is 30.3 Å². The SMILES string of the molecule is O=C(N[C@@H](c1ccccc1)[C@@H]1C2CC3C[C@@](Cl)(C2)C[C@]1(O)C3)C(F)(F)F. The lowest BCUT2D eigenvalue weighted by Gasteiger charge is -2.63. The van der Waals surface area contributed by atoms with Crippen molar-refractivity contribution >= 4 is 17.5 Å². The molecule has 0 saturated heterocycles. The molecule has 142 valence electrons. The molecule has 4 saturated carbocycles. The quantitative estimate of drug-likeness (QED) is 0.771. The molecule has 0 aliphatic heterocycles. The Morgan fingerprint density at radius 3 is 2.50 bits per heavy atom. The number of benzene rings is 1. The zero-order chi connectivity index (χ0) is 18.7. The fourth-order valence-electron chi connectivity index (χ4n) is 5.90. The van der Waals surface area contributed by atoms with Gasteiger partial charge in [-0.2, -0.15) is 13.2 Å². The van der Waals surface area contributed by atoms with Crippen LogP contribution in [0.25, 0.3) is 0 Å². The highest BCUT2D eigenvalue weighted by atomic mass is 35.5. The maximum Gasteiger partial charge on any atom is 0.471 e. The highest BCUT2D eigenvalue weighted by Gasteiger charge is 2.63. The van der Waals surface area contributed by atoms with Gasteiger partial charge in [-0.15, -0.1) is 11.6 Å². The van der Waals surface area contributed by atoms with Gasteiger partial charge in [-0.1, -0.05) is 30.3 Å². The van der Waals surface area contributed by atoms with Gasteiger partial charge in [-0.05, 0) is 49.5 Å². The van der Waals surface area contributed by atoms with Crippen LogP contribution in [0.15, 0.2) is 30.3 Å². The van der Waals surface area contributed by atoms with Crippen molar-refractivity contribution in [1.29, 1.82) is 0 Å². The van der Waals surface area contributed by atoms with E-state index in [0.717, 1.165) is 12.8 Å². The van der Waals surface area contributed by atoms with E-state index in [-0.39, 0.29) is 5.92 Å². The van der Waals surface area contributed by atoms with Crippen molar-refractivity contribution in [1.82, 2.24) is 5.32 Å². The number of hydrogen-bond donors (Lipinski definition) is 2. The zero-order valence-electron chi connectivity index (χ0n) is 14.1. The molecule has 6 atom stereocenters. The summed E-state index contributed by atoms with van der Waals surface area (Å²) in [5.74, 6) is -2.14. The molecule has 26 heavy (non-hydrogen) atoms. The van der Waals surface area contributed by atoms with Crippen molar-refractivity contribution in [2.24, 2.45) is 17.8 Å². The topological polar surface area (TPSA) is 49.3 Å². The molecule has 0 radical (unpaired) electrons. The molecule has 0 aromatic heterocycles. The second-order valence-electron chi connectivity index (χ2n) is 8.29. The van der Waals surface area contributed by atoms with Crippen molar-refractivity contribution in [2.75, 3.05) is 0 Å². The van der Waals surface area contributed by atoms with E-state index in [9.17, 15) is 23.1 Å². The number of nitrogens with one attached hydrogen (secondary N) is 1. The zero-order valence-corrected chi connectivity index (χ0v) is 14.9. The van der Waals surface area contributed by atoms with Crippen LogP contribution in [0.1, 0.15) is 43.7 Å². The standard InChI is InChI=1S/C19H21ClF3NO2/c20-17-7-11-6-13(9-17)14(18(26,8-11)10-17)15(12-4-2-1-3-5-12)24-16(25)19(21,22)23/h1-5,11,13-15,26H,6-10H2,(H,24,25)/t11?,13?,14-,15-,17+,18+/m0/s1. The molecule has 3 nitrogen and oxygen atoms in total. The predicted octanol–water partition coefficient (Wildman–Crippen LogP) is 3.95. The van der Waals surface area contributed by atoms with Crippen LogP contribution < -0.4 is 5.32 Å². The highest BCUT2D eigenvalue weighted by Crippen LogP contribution is 2.64. The van der Waals surface area contributed by atoms with Gasteiger partial charge in [0.2, 0.25) is 0 Å². The number of halogens is 4. The number of aliphatic hydroxyl groups is 1. The van der Waals surface area contributed by atoms with Gasteiger partial charge in [0, 0.05) is 10.8 Å². The lowest BCUT2D eigenvalue weighted by atomic mass is 9.47. The van der Waals surface area contributed by atoms with E-state index < -0.39 is 34.5 Å². The normalized spacial score (nSPS) is 39.7. The number of rotatable bonds is 3. The maximum atomic E-state index is 12.9. The second kappa shape index (κ2) is 5.86. The van der Waals surface area contributed by atoms with Crippen LogP contribution in [0.3, 0.4) is 0 Å². The third-order valence-electron chi connectivity index (χ3n) is 6.37. The number of carbonyl (C=O) groups excluding carboxylic acids is 1. The monoisotopic (exact) mass is 387 g/mol. The van der Waals surface area contributed by atoms with Crippen LogP contribution in [0, 0.1) is 17.8 Å². The summed E-state index contributed by atoms with van der Waals surface area (Å²) >= 11 is 6.69. The lowest BCUT2D eigenvalue weighted by molar-refractivity contribution is -0.187. The molecule has 4 aliphatic rings. The summed E-state index contributed by atoms with van der Waals surface area (Å²) < 4.78 is 38.7. The van der Waals surface area contributed by atoms with Crippen LogP contribution >= 0.6 is 11.6 Å². The summed E-state index contributed by atoms with van der Waals surface area (Å²) in [4.78, 5) is 11.2. The second-order valence-corrected chi connectivity index (χ2v) is 9.09. The molecule has 0 spiro atoms. The van der Waals surface area contributed by atoms with Gasteiger partial charge in [0.1, 0.15) is 0 Å². The first-order chi connectivity index (χ1) is 12.1. The number of carbonyl (C=O) groups is 1. The minimum absolute atomic E-state index is 0.00232. The Morgan fingerprint density at radius 2 is 1.92 bits per heavy atom. The molecule has 4 aliphatic carbocycles. The molecular weight excluding hydrogens is 367 g/mol. The minimum Gasteiger partial charge on any atom is -0.389 e. The summed E-state index contributed by atoms with van der Waals surface area (Å²) in [6, 6.07) is 7.74. The summed E-state index contributed by atoms with van der Waals surface area (Å²) in [6.45, 7) is 0. The Hall–Kier alpha value is -1.27. The summed E-state index contributed by atoms with van der Waals surface area (Å²) in [6.07, 6.45) is -1.70. The average molecular weight is 388 g/mol. The van der Waals surface area contributed by atoms with Gasteiger partial charge in [0.15, 0.2) is 0 Å². The molecular formula is C19H21ClF3NO2. The van der Waals surface area contributed by atoms with Crippen LogP contribution in [0.4, 0.5) is 13.2 Å². The lowest BCUT2D eigenvalue weighted by Crippen LogP contribution is -2.65. The van der Waals surface area contributed by atoms with Gasteiger partial charge in [0.05, 0.1) is 11.6 Å². The van der Waals surface area contributed by atoms with Gasteiger partial charge >= 0.3 is 12.1 Å². The molecule has 2 N–H and O–H groups in total. The maximum absolute atomic E-state index is 12.9. The van der Waals surface area contributed by atoms with Crippen molar-refractivity contribution in [3.8, 4) is 0 Å². The molecule has 4 fully saturated rings. The van der Waals surface area contributed by atoms with E-state index in [4.69, 9.17) is 11.6 Å². The molecule has 7 heteroatoms. The Balaban J connectivity index is 1.71. The van der Waals surface area contributed by atoms with Crippen LogP contribution in [0.5, 0.6) is 0 Å². The molecule has 4 bridgehead atoms. The van der Waals surface area contributed by atoms with Crippen LogP contribution in [0.2, 0.25) is 0 Å². The molecule has 1 aromatic carbocycles. The summed E-state index contributed by atoms with van der Waals surface area (Å²) in [5.41, 5.74) is -0.565. The number of hydrogen-bond acceptors (Lipinski definition) is 2. The molecule has 1 amide bonds. The van der Waals surface area contributed by atoms with E-state index >= 15 is 0 Å². The Kier molecular flexibility index (Phi) is 4.08. The van der Waals surface area contributed by atoms with E-state index in [1.807, 2.05) is 0 Å². The number of alkyl halides is 4.